The molecule has 2 aromatic carbocycles. The highest BCUT2D eigenvalue weighted by Crippen LogP contribution is 2.42. The van der Waals surface area contributed by atoms with Crippen LogP contribution in [0.2, 0.25) is 5.02 Å². The van der Waals surface area contributed by atoms with E-state index in [-0.39, 0.29) is 40.2 Å². The lowest BCUT2D eigenvalue weighted by atomic mass is 9.97. The van der Waals surface area contributed by atoms with Gasteiger partial charge in [-0.3, -0.25) is 14.5 Å². The lowest BCUT2D eigenvalue weighted by Gasteiger charge is -2.42. The number of carbonyl (C=O) groups is 1. The predicted molar refractivity (Wildman–Crippen MR) is 168 cm³/mol. The van der Waals surface area contributed by atoms with Gasteiger partial charge in [-0.05, 0) is 76.4 Å². The summed E-state index contributed by atoms with van der Waals surface area (Å²) in [6.07, 6.45) is 6.37. The number of aromatic hydroxyl groups is 1. The van der Waals surface area contributed by atoms with Crippen molar-refractivity contribution in [3.05, 3.63) is 82.0 Å². The Morgan fingerprint density at radius 3 is 2.27 bits per heavy atom. The Bertz CT molecular complexity index is 1810. The van der Waals surface area contributed by atoms with Crippen molar-refractivity contribution in [3.8, 4) is 33.7 Å². The van der Waals surface area contributed by atoms with Crippen LogP contribution in [0.25, 0.3) is 27.9 Å². The number of aromatic nitrogens is 3. The van der Waals surface area contributed by atoms with Crippen LogP contribution in [-0.4, -0.2) is 61.0 Å². The fourth-order valence-electron chi connectivity index (χ4n) is 6.26. The Balaban J connectivity index is 1.31. The lowest BCUT2D eigenvalue weighted by molar-refractivity contribution is 0.0123. The number of nitrogens with zero attached hydrogens (tertiary/aromatic N) is 5. The number of pyridine rings is 1. The molecule has 2 atom stereocenters. The number of fused-ring (bicyclic) bond motifs is 2. The minimum atomic E-state index is -0.566. The van der Waals surface area contributed by atoms with Crippen LogP contribution in [0, 0.1) is 12.7 Å². The predicted octanol–water partition coefficient (Wildman–Crippen LogP) is 6.30. The molecule has 1 N–H and O–H groups in total. The van der Waals surface area contributed by atoms with Crippen molar-refractivity contribution in [2.75, 3.05) is 18.0 Å². The van der Waals surface area contributed by atoms with E-state index < -0.39 is 11.4 Å². The van der Waals surface area contributed by atoms with E-state index in [0.717, 1.165) is 24.2 Å². The summed E-state index contributed by atoms with van der Waals surface area (Å²) in [6, 6.07) is 9.46. The van der Waals surface area contributed by atoms with Crippen molar-refractivity contribution in [2.24, 2.45) is 7.05 Å². The van der Waals surface area contributed by atoms with Gasteiger partial charge in [0.25, 0.3) is 0 Å². The zero-order chi connectivity index (χ0) is 31.5. The van der Waals surface area contributed by atoms with Gasteiger partial charge >= 0.3 is 11.8 Å². The molecule has 2 aromatic heterocycles. The normalized spacial score (nSPS) is 18.2. The first kappa shape index (κ1) is 29.7. The third kappa shape index (κ3) is 5.43. The molecule has 4 heterocycles. The van der Waals surface area contributed by atoms with Gasteiger partial charge in [-0.1, -0.05) is 17.7 Å². The Labute approximate surface area is 260 Å². The molecule has 2 fully saturated rings. The standard InChI is InChI=1S/C33H35ClFN5O4/c1-19-29(38-17-23-7-8-24(18-38)40(23)32(43)44-33(2,3)4)13-21(16-36-19)26-15-22(35)14-25(30(26)41)20-6-9-28(27(34)12-20)39-11-10-37(5)31(39)42/h6,9-16,23-24,41H,7-8,17-18H2,1-5H3. The average molecular weight is 620 g/mol. The third-order valence-electron chi connectivity index (χ3n) is 8.34. The van der Waals surface area contributed by atoms with Crippen LogP contribution in [0.1, 0.15) is 39.3 Å². The van der Waals surface area contributed by atoms with E-state index in [1.807, 2.05) is 38.7 Å². The van der Waals surface area contributed by atoms with Crippen molar-refractivity contribution in [1.82, 2.24) is 19.0 Å². The van der Waals surface area contributed by atoms with Crippen molar-refractivity contribution in [1.29, 1.82) is 0 Å². The van der Waals surface area contributed by atoms with Gasteiger partial charge in [0, 0.05) is 55.4 Å². The van der Waals surface area contributed by atoms with Crippen LogP contribution in [0.3, 0.4) is 0 Å². The molecule has 0 aliphatic carbocycles. The quantitative estimate of drug-likeness (QED) is 0.288. The zero-order valence-electron chi connectivity index (χ0n) is 25.3. The monoisotopic (exact) mass is 619 g/mol. The molecule has 2 saturated heterocycles. The van der Waals surface area contributed by atoms with Gasteiger partial charge in [0.05, 0.1) is 34.2 Å². The Morgan fingerprint density at radius 1 is 1.02 bits per heavy atom. The SMILES string of the molecule is Cc1ncc(-c2cc(F)cc(-c3ccc(-n4ccn(C)c4=O)c(Cl)c3)c2O)cc1N1CC2CCC(C1)N2C(=O)OC(C)(C)C. The first-order chi connectivity index (χ1) is 20.8. The molecule has 1 amide bonds. The number of amides is 1. The number of imidazole rings is 1. The maximum atomic E-state index is 15.1. The van der Waals surface area contributed by atoms with Gasteiger partial charge < -0.3 is 19.3 Å². The van der Waals surface area contributed by atoms with E-state index in [4.69, 9.17) is 16.3 Å². The van der Waals surface area contributed by atoms with E-state index in [0.29, 0.717) is 35.5 Å². The molecule has 0 saturated carbocycles. The Morgan fingerprint density at radius 2 is 1.68 bits per heavy atom. The van der Waals surface area contributed by atoms with Crippen LogP contribution < -0.4 is 10.6 Å². The maximum Gasteiger partial charge on any atom is 0.410 e. The van der Waals surface area contributed by atoms with E-state index in [2.05, 4.69) is 9.88 Å². The highest BCUT2D eigenvalue weighted by atomic mass is 35.5. The summed E-state index contributed by atoms with van der Waals surface area (Å²) >= 11 is 6.57. The van der Waals surface area contributed by atoms with E-state index in [1.54, 1.807) is 43.8 Å². The zero-order valence-corrected chi connectivity index (χ0v) is 26.1. The number of phenols is 1. The van der Waals surface area contributed by atoms with Crippen LogP contribution in [-0.2, 0) is 11.8 Å². The van der Waals surface area contributed by atoms with Gasteiger partial charge in [-0.2, -0.15) is 0 Å². The van der Waals surface area contributed by atoms with Gasteiger partial charge in [0.15, 0.2) is 0 Å². The molecule has 2 aliphatic heterocycles. The number of carbonyl (C=O) groups excluding carboxylic acids is 1. The Kier molecular flexibility index (Phi) is 7.44. The largest absolute Gasteiger partial charge is 0.507 e. The molecular formula is C33H35ClFN5O4. The summed E-state index contributed by atoms with van der Waals surface area (Å²) in [5.74, 6) is -0.642. The fraction of sp³-hybridized carbons (Fsp3) is 0.364. The van der Waals surface area contributed by atoms with Crippen molar-refractivity contribution < 1.29 is 19.0 Å². The first-order valence-corrected chi connectivity index (χ1v) is 15.0. The number of benzene rings is 2. The Hall–Kier alpha value is -4.31. The maximum absolute atomic E-state index is 15.1. The van der Waals surface area contributed by atoms with Crippen LogP contribution in [0.5, 0.6) is 5.75 Å². The molecule has 2 aliphatic rings. The molecule has 11 heteroatoms. The van der Waals surface area contributed by atoms with Crippen LogP contribution in [0.4, 0.5) is 14.9 Å². The first-order valence-electron chi connectivity index (χ1n) is 14.6. The van der Waals surface area contributed by atoms with Crippen LogP contribution >= 0.6 is 11.6 Å². The molecular weight excluding hydrogens is 585 g/mol. The average Bonchev–Trinajstić information content (AvgIpc) is 3.43. The molecule has 6 rings (SSSR count). The van der Waals surface area contributed by atoms with Gasteiger partial charge in [-0.25, -0.2) is 14.0 Å². The summed E-state index contributed by atoms with van der Waals surface area (Å²) < 4.78 is 23.6. The molecule has 0 radical (unpaired) electrons. The number of ether oxygens (including phenoxy) is 1. The summed E-state index contributed by atoms with van der Waals surface area (Å²) in [4.78, 5) is 34.1. The van der Waals surface area contributed by atoms with Gasteiger partial charge in [0.2, 0.25) is 0 Å². The van der Waals surface area contributed by atoms with Crippen LogP contribution in [0.15, 0.2) is 59.8 Å². The number of phenolic OH excluding ortho intramolecular Hbond substituents is 1. The summed E-state index contributed by atoms with van der Waals surface area (Å²) in [6.45, 7) is 8.77. The lowest BCUT2D eigenvalue weighted by Crippen LogP contribution is -2.57. The van der Waals surface area contributed by atoms with Crippen molar-refractivity contribution in [2.45, 2.75) is 58.2 Å². The molecule has 4 aromatic rings. The van der Waals surface area contributed by atoms with E-state index >= 15 is 4.39 Å². The number of hydrogen-bond donors (Lipinski definition) is 1. The second-order valence-electron chi connectivity index (χ2n) is 12.6. The smallest absolute Gasteiger partial charge is 0.410 e. The summed E-state index contributed by atoms with van der Waals surface area (Å²) in [7, 11) is 1.65. The fourth-order valence-corrected chi connectivity index (χ4v) is 6.53. The number of rotatable bonds is 4. The number of halogens is 2. The summed E-state index contributed by atoms with van der Waals surface area (Å²) in [5, 5.41) is 11.7. The molecule has 230 valence electrons. The minimum absolute atomic E-state index is 0.0142. The molecule has 2 unspecified atom stereocenters. The number of piperazine rings is 1. The molecule has 44 heavy (non-hydrogen) atoms. The second kappa shape index (κ2) is 11.0. The number of anilines is 1. The highest BCUT2D eigenvalue weighted by molar-refractivity contribution is 6.32. The molecule has 0 spiro atoms. The number of aryl methyl sites for hydroxylation is 2. The highest BCUT2D eigenvalue weighted by Gasteiger charge is 2.44. The third-order valence-corrected chi connectivity index (χ3v) is 8.64. The van der Waals surface area contributed by atoms with Gasteiger partial charge in [-0.15, -0.1) is 0 Å². The molecule has 9 nitrogen and oxygen atoms in total. The minimum Gasteiger partial charge on any atom is -0.507 e. The van der Waals surface area contributed by atoms with E-state index in [1.165, 1.54) is 21.3 Å². The number of hydrogen-bond acceptors (Lipinski definition) is 6. The second-order valence-corrected chi connectivity index (χ2v) is 13.0. The summed E-state index contributed by atoms with van der Waals surface area (Å²) in [5.41, 5.74) is 2.94. The van der Waals surface area contributed by atoms with E-state index in [9.17, 15) is 14.7 Å². The topological polar surface area (TPSA) is 92.8 Å². The van der Waals surface area contributed by atoms with Crippen molar-refractivity contribution >= 4 is 23.4 Å². The van der Waals surface area contributed by atoms with Crippen molar-refractivity contribution in [3.63, 3.8) is 0 Å². The van der Waals surface area contributed by atoms with Gasteiger partial charge in [0.1, 0.15) is 17.2 Å². The molecule has 2 bridgehead atoms.